The number of rotatable bonds is 2. The number of nitrogens with zero attached hydrogens (tertiary/aromatic N) is 1. The number of hydrogen-bond donors (Lipinski definition) is 1. The van der Waals surface area contributed by atoms with E-state index in [0.717, 1.165) is 17.6 Å². The normalized spacial score (nSPS) is 20.3. The molecule has 0 radical (unpaired) electrons. The second-order valence-electron chi connectivity index (χ2n) is 5.44. The SMILES string of the molecule is CS(=O)(=O)c1sc(-c2cncc(Cl)c2)c2c1[C@H](O)C(F)(F)CC2. The van der Waals surface area contributed by atoms with E-state index in [-0.39, 0.29) is 16.2 Å². The van der Waals surface area contributed by atoms with Gasteiger partial charge in [0.2, 0.25) is 0 Å². The summed E-state index contributed by atoms with van der Waals surface area (Å²) >= 11 is 6.77. The van der Waals surface area contributed by atoms with E-state index in [2.05, 4.69) is 4.98 Å². The Hall–Kier alpha value is -1.09. The summed E-state index contributed by atoms with van der Waals surface area (Å²) in [7, 11) is -3.75. The Morgan fingerprint density at radius 3 is 2.74 bits per heavy atom. The molecule has 1 aliphatic rings. The standard InChI is InChI=1S/C14H12ClF2NO3S2/c1-23(20,21)13-10-9(2-3-14(16,17)12(10)19)11(22-13)7-4-8(15)6-18-5-7/h4-6,12,19H,2-3H2,1H3/t12-/m0/s1. The third kappa shape index (κ3) is 2.88. The first-order valence-corrected chi connectivity index (χ1v) is 9.72. The Kier molecular flexibility index (Phi) is 3.99. The van der Waals surface area contributed by atoms with Crippen molar-refractivity contribution in [3.05, 3.63) is 34.6 Å². The Morgan fingerprint density at radius 1 is 1.43 bits per heavy atom. The number of fused-ring (bicyclic) bond motifs is 1. The largest absolute Gasteiger partial charge is 0.382 e. The second kappa shape index (κ2) is 5.47. The number of hydrogen-bond acceptors (Lipinski definition) is 5. The van der Waals surface area contributed by atoms with Crippen LogP contribution in [-0.4, -0.2) is 30.7 Å². The highest BCUT2D eigenvalue weighted by atomic mass is 35.5. The summed E-state index contributed by atoms with van der Waals surface area (Å²) < 4.78 is 51.4. The van der Waals surface area contributed by atoms with Gasteiger partial charge in [0.25, 0.3) is 5.92 Å². The minimum Gasteiger partial charge on any atom is -0.382 e. The molecule has 9 heteroatoms. The second-order valence-corrected chi connectivity index (χ2v) is 9.11. The Bertz CT molecular complexity index is 880. The maximum Gasteiger partial charge on any atom is 0.277 e. The fourth-order valence-corrected chi connectivity index (χ4v) is 5.42. The van der Waals surface area contributed by atoms with E-state index in [0.29, 0.717) is 21.0 Å². The topological polar surface area (TPSA) is 67.3 Å². The van der Waals surface area contributed by atoms with Crippen LogP contribution >= 0.6 is 22.9 Å². The molecule has 0 fully saturated rings. The Morgan fingerprint density at radius 2 is 2.13 bits per heavy atom. The molecule has 23 heavy (non-hydrogen) atoms. The van der Waals surface area contributed by atoms with Crippen LogP contribution in [0.3, 0.4) is 0 Å². The lowest BCUT2D eigenvalue weighted by Gasteiger charge is -2.28. The first kappa shape index (κ1) is 16.8. The van der Waals surface area contributed by atoms with Crippen LogP contribution in [0.1, 0.15) is 23.7 Å². The molecule has 124 valence electrons. The Balaban J connectivity index is 2.30. The van der Waals surface area contributed by atoms with Gasteiger partial charge in [-0.2, -0.15) is 0 Å². The number of aliphatic hydroxyl groups is 1. The summed E-state index contributed by atoms with van der Waals surface area (Å²) in [5.74, 6) is -3.35. The van der Waals surface area contributed by atoms with Gasteiger partial charge in [0.15, 0.2) is 9.84 Å². The summed E-state index contributed by atoms with van der Waals surface area (Å²) in [5, 5.41) is 10.4. The monoisotopic (exact) mass is 379 g/mol. The fraction of sp³-hybridized carbons (Fsp3) is 0.357. The molecule has 3 rings (SSSR count). The van der Waals surface area contributed by atoms with Crippen LogP contribution in [0.25, 0.3) is 10.4 Å². The molecule has 2 heterocycles. The van der Waals surface area contributed by atoms with Gasteiger partial charge in [-0.1, -0.05) is 11.6 Å². The maximum atomic E-state index is 13.8. The minimum atomic E-state index is -3.75. The zero-order valence-electron chi connectivity index (χ0n) is 11.9. The van der Waals surface area contributed by atoms with Gasteiger partial charge in [-0.05, 0) is 18.1 Å². The highest BCUT2D eigenvalue weighted by molar-refractivity contribution is 7.92. The van der Waals surface area contributed by atoms with E-state index >= 15 is 0 Å². The van der Waals surface area contributed by atoms with Crippen molar-refractivity contribution >= 4 is 32.8 Å². The average molecular weight is 380 g/mol. The minimum absolute atomic E-state index is 0.0206. The molecule has 1 aliphatic carbocycles. The van der Waals surface area contributed by atoms with Gasteiger partial charge >= 0.3 is 0 Å². The van der Waals surface area contributed by atoms with Crippen molar-refractivity contribution in [1.82, 2.24) is 4.98 Å². The van der Waals surface area contributed by atoms with E-state index in [9.17, 15) is 22.3 Å². The van der Waals surface area contributed by atoms with Crippen LogP contribution in [0.4, 0.5) is 8.78 Å². The summed E-state index contributed by atoms with van der Waals surface area (Å²) in [5.41, 5.74) is 0.785. The molecule has 0 aliphatic heterocycles. The van der Waals surface area contributed by atoms with Gasteiger partial charge in [0, 0.05) is 41.1 Å². The molecule has 0 bridgehead atoms. The Labute approximate surface area is 140 Å². The van der Waals surface area contributed by atoms with Crippen LogP contribution in [0.2, 0.25) is 5.02 Å². The van der Waals surface area contributed by atoms with Crippen molar-refractivity contribution in [3.8, 4) is 10.4 Å². The highest BCUT2D eigenvalue weighted by Crippen LogP contribution is 2.51. The molecule has 0 saturated carbocycles. The number of alkyl halides is 2. The number of aromatic nitrogens is 1. The van der Waals surface area contributed by atoms with Crippen molar-refractivity contribution in [2.75, 3.05) is 6.26 Å². The number of sulfone groups is 1. The summed E-state index contributed by atoms with van der Waals surface area (Å²) in [6, 6.07) is 1.59. The summed E-state index contributed by atoms with van der Waals surface area (Å²) in [6.45, 7) is 0. The van der Waals surface area contributed by atoms with Gasteiger partial charge < -0.3 is 5.11 Å². The van der Waals surface area contributed by atoms with E-state index in [1.807, 2.05) is 0 Å². The van der Waals surface area contributed by atoms with Gasteiger partial charge in [-0.25, -0.2) is 17.2 Å². The molecule has 2 aromatic heterocycles. The van der Waals surface area contributed by atoms with E-state index in [1.54, 1.807) is 6.07 Å². The van der Waals surface area contributed by atoms with Crippen molar-refractivity contribution in [2.45, 2.75) is 29.1 Å². The number of aliphatic hydroxyl groups excluding tert-OH is 1. The van der Waals surface area contributed by atoms with Crippen LogP contribution in [0, 0.1) is 0 Å². The van der Waals surface area contributed by atoms with Crippen LogP contribution in [0.5, 0.6) is 0 Å². The first-order chi connectivity index (χ1) is 10.6. The molecule has 0 spiro atoms. The lowest BCUT2D eigenvalue weighted by atomic mass is 9.87. The number of pyridine rings is 1. The van der Waals surface area contributed by atoms with Gasteiger partial charge in [-0.15, -0.1) is 11.3 Å². The third-order valence-corrected chi connectivity index (χ3v) is 7.05. The summed E-state index contributed by atoms with van der Waals surface area (Å²) in [4.78, 5) is 4.45. The van der Waals surface area contributed by atoms with Crippen molar-refractivity contribution in [3.63, 3.8) is 0 Å². The van der Waals surface area contributed by atoms with Gasteiger partial charge in [-0.3, -0.25) is 4.98 Å². The van der Waals surface area contributed by atoms with Crippen LogP contribution in [0.15, 0.2) is 22.7 Å². The maximum absolute atomic E-state index is 13.8. The highest BCUT2D eigenvalue weighted by Gasteiger charge is 2.47. The quantitative estimate of drug-likeness (QED) is 0.867. The van der Waals surface area contributed by atoms with Crippen molar-refractivity contribution in [1.29, 1.82) is 0 Å². The molecule has 4 nitrogen and oxygen atoms in total. The van der Waals surface area contributed by atoms with Crippen LogP contribution in [-0.2, 0) is 16.3 Å². The third-order valence-electron chi connectivity index (χ3n) is 3.70. The predicted octanol–water partition coefficient (Wildman–Crippen LogP) is 3.48. The smallest absolute Gasteiger partial charge is 0.277 e. The van der Waals surface area contributed by atoms with Gasteiger partial charge in [0.05, 0.1) is 5.02 Å². The zero-order valence-corrected chi connectivity index (χ0v) is 14.3. The van der Waals surface area contributed by atoms with E-state index in [4.69, 9.17) is 11.6 Å². The lowest BCUT2D eigenvalue weighted by molar-refractivity contribution is -0.122. The molecular formula is C14H12ClF2NO3S2. The average Bonchev–Trinajstić information content (AvgIpc) is 2.83. The first-order valence-electron chi connectivity index (χ1n) is 6.63. The molecule has 0 amide bonds. The van der Waals surface area contributed by atoms with Crippen molar-refractivity contribution < 1.29 is 22.3 Å². The molecule has 0 unspecified atom stereocenters. The lowest BCUT2D eigenvalue weighted by Crippen LogP contribution is -2.32. The summed E-state index contributed by atoms with van der Waals surface area (Å²) in [6.07, 6.45) is 1.16. The fourth-order valence-electron chi connectivity index (χ4n) is 2.66. The molecule has 1 N–H and O–H groups in total. The molecule has 0 aromatic carbocycles. The van der Waals surface area contributed by atoms with E-state index in [1.165, 1.54) is 12.4 Å². The molecular weight excluding hydrogens is 368 g/mol. The number of thiophene rings is 1. The van der Waals surface area contributed by atoms with Crippen LogP contribution < -0.4 is 0 Å². The van der Waals surface area contributed by atoms with Gasteiger partial charge in [0.1, 0.15) is 10.3 Å². The zero-order chi connectivity index (χ0) is 17.0. The van der Waals surface area contributed by atoms with E-state index < -0.39 is 28.3 Å². The number of halogens is 3. The molecule has 0 saturated heterocycles. The molecule has 2 aromatic rings. The van der Waals surface area contributed by atoms with Crippen molar-refractivity contribution in [2.24, 2.45) is 0 Å². The predicted molar refractivity (Wildman–Crippen MR) is 83.9 cm³/mol. The molecule has 1 atom stereocenters.